The van der Waals surface area contributed by atoms with Gasteiger partial charge in [0.1, 0.15) is 5.69 Å². The first-order chi connectivity index (χ1) is 14.0. The Labute approximate surface area is 173 Å². The molecule has 0 N–H and O–H groups in total. The molecule has 4 heteroatoms. The fraction of sp³-hybridized carbons (Fsp3) is 0.720. The molecule has 0 radical (unpaired) electrons. The van der Waals surface area contributed by atoms with Crippen molar-refractivity contribution in [2.24, 2.45) is 23.7 Å². The summed E-state index contributed by atoms with van der Waals surface area (Å²) < 4.78 is 37.7. The summed E-state index contributed by atoms with van der Waals surface area (Å²) in [6, 6.07) is 2.44. The predicted octanol–water partition coefficient (Wildman–Crippen LogP) is 7.65. The first-order valence-corrected chi connectivity index (χ1v) is 11.5. The van der Waals surface area contributed by atoms with Crippen LogP contribution in [0, 0.1) is 35.5 Å². The average molecular weight is 406 g/mol. The van der Waals surface area contributed by atoms with Gasteiger partial charge in [0.25, 0.3) is 0 Å². The van der Waals surface area contributed by atoms with Crippen LogP contribution >= 0.6 is 0 Å². The number of rotatable bonds is 5. The Morgan fingerprint density at radius 2 is 1.59 bits per heavy atom. The third kappa shape index (κ3) is 6.76. The number of nitrogens with zero attached hydrogens (tertiary/aromatic N) is 1. The number of hydrogen-bond donors (Lipinski definition) is 0. The summed E-state index contributed by atoms with van der Waals surface area (Å²) in [4.78, 5) is 3.49. The lowest BCUT2D eigenvalue weighted by Crippen LogP contribution is -2.25. The lowest BCUT2D eigenvalue weighted by Gasteiger charge is -2.37. The lowest BCUT2D eigenvalue weighted by atomic mass is 9.69. The minimum Gasteiger partial charge on any atom is -0.250 e. The van der Waals surface area contributed by atoms with Gasteiger partial charge in [-0.25, -0.2) is 0 Å². The van der Waals surface area contributed by atoms with Crippen LogP contribution in [0.2, 0.25) is 0 Å². The molecule has 0 unspecified atom stereocenters. The number of alkyl halides is 3. The quantitative estimate of drug-likeness (QED) is 0.362. The molecular weight excluding hydrogens is 371 g/mol. The van der Waals surface area contributed by atoms with Crippen LogP contribution in [-0.4, -0.2) is 4.98 Å². The zero-order valence-corrected chi connectivity index (χ0v) is 17.6. The molecule has 2 fully saturated rings. The van der Waals surface area contributed by atoms with Crippen molar-refractivity contribution in [3.63, 3.8) is 0 Å². The van der Waals surface area contributed by atoms with Gasteiger partial charge < -0.3 is 0 Å². The van der Waals surface area contributed by atoms with Crippen LogP contribution in [0.5, 0.6) is 0 Å². The Balaban J connectivity index is 1.41. The monoisotopic (exact) mass is 405 g/mol. The van der Waals surface area contributed by atoms with E-state index < -0.39 is 11.9 Å². The maximum atomic E-state index is 12.6. The van der Waals surface area contributed by atoms with E-state index in [9.17, 15) is 13.2 Å². The summed E-state index contributed by atoms with van der Waals surface area (Å²) in [5, 5.41) is 0. The van der Waals surface area contributed by atoms with Crippen molar-refractivity contribution in [3.8, 4) is 11.8 Å². The van der Waals surface area contributed by atoms with Crippen molar-refractivity contribution in [3.05, 3.63) is 29.6 Å². The molecule has 0 aliphatic heterocycles. The zero-order valence-electron chi connectivity index (χ0n) is 17.6. The molecule has 2 aliphatic rings. The van der Waals surface area contributed by atoms with E-state index in [0.717, 1.165) is 36.7 Å². The Morgan fingerprint density at radius 3 is 2.14 bits per heavy atom. The van der Waals surface area contributed by atoms with Crippen molar-refractivity contribution in [1.82, 2.24) is 4.98 Å². The standard InChI is InChI=1S/C25H34F3N/c1-2-3-4-5-19-8-13-22(14-9-19)23-15-10-20(11-16-23)6-7-21-12-17-24(29-18-21)25(26,27)28/h12,17-20,22-23H,2-5,8-11,13-16H2,1H3. The van der Waals surface area contributed by atoms with Crippen molar-refractivity contribution < 1.29 is 13.2 Å². The molecule has 0 spiro atoms. The predicted molar refractivity (Wildman–Crippen MR) is 111 cm³/mol. The molecule has 160 valence electrons. The molecule has 3 rings (SSSR count). The van der Waals surface area contributed by atoms with Crippen LogP contribution in [0.15, 0.2) is 18.3 Å². The SMILES string of the molecule is CCCCCC1CCC(C2CCC(C#Cc3ccc(C(F)(F)F)nc3)CC2)CC1. The Bertz CT molecular complexity index is 667. The maximum absolute atomic E-state index is 12.6. The second-order valence-electron chi connectivity index (χ2n) is 9.09. The molecule has 29 heavy (non-hydrogen) atoms. The van der Waals surface area contributed by atoms with Gasteiger partial charge in [-0.05, 0) is 68.4 Å². The van der Waals surface area contributed by atoms with Crippen molar-refractivity contribution in [2.45, 2.75) is 90.1 Å². The Morgan fingerprint density at radius 1 is 0.931 bits per heavy atom. The lowest BCUT2D eigenvalue weighted by molar-refractivity contribution is -0.141. The van der Waals surface area contributed by atoms with Crippen molar-refractivity contribution >= 4 is 0 Å². The molecule has 0 atom stereocenters. The van der Waals surface area contributed by atoms with Gasteiger partial charge >= 0.3 is 6.18 Å². The van der Waals surface area contributed by atoms with Gasteiger partial charge in [0, 0.05) is 17.7 Å². The van der Waals surface area contributed by atoms with Gasteiger partial charge in [0.15, 0.2) is 0 Å². The summed E-state index contributed by atoms with van der Waals surface area (Å²) in [7, 11) is 0. The molecule has 0 amide bonds. The second kappa shape index (κ2) is 10.5. The highest BCUT2D eigenvalue weighted by Crippen LogP contribution is 2.42. The molecule has 1 aromatic heterocycles. The van der Waals surface area contributed by atoms with E-state index in [1.54, 1.807) is 0 Å². The van der Waals surface area contributed by atoms with Crippen LogP contribution in [0.4, 0.5) is 13.2 Å². The molecule has 1 aromatic rings. The van der Waals surface area contributed by atoms with Gasteiger partial charge in [-0.1, -0.05) is 57.3 Å². The number of hydrogen-bond acceptors (Lipinski definition) is 1. The Hall–Kier alpha value is -1.50. The molecule has 0 aromatic carbocycles. The number of aromatic nitrogens is 1. The third-order valence-corrected chi connectivity index (χ3v) is 7.02. The normalized spacial score (nSPS) is 27.9. The van der Waals surface area contributed by atoms with Crippen LogP contribution < -0.4 is 0 Å². The van der Waals surface area contributed by atoms with E-state index in [-0.39, 0.29) is 0 Å². The minimum atomic E-state index is -4.39. The highest BCUT2D eigenvalue weighted by molar-refractivity contribution is 5.33. The van der Waals surface area contributed by atoms with Crippen molar-refractivity contribution in [1.29, 1.82) is 0 Å². The molecule has 1 heterocycles. The fourth-order valence-corrected chi connectivity index (χ4v) is 5.19. The van der Waals surface area contributed by atoms with E-state index in [1.165, 1.54) is 76.5 Å². The maximum Gasteiger partial charge on any atom is 0.433 e. The van der Waals surface area contributed by atoms with Crippen LogP contribution in [0.25, 0.3) is 0 Å². The van der Waals surface area contributed by atoms with Gasteiger partial charge in [0.2, 0.25) is 0 Å². The largest absolute Gasteiger partial charge is 0.433 e. The molecule has 1 nitrogen and oxygen atoms in total. The van der Waals surface area contributed by atoms with Crippen LogP contribution in [-0.2, 0) is 6.18 Å². The summed E-state index contributed by atoms with van der Waals surface area (Å²) in [5.41, 5.74) is -0.287. The smallest absolute Gasteiger partial charge is 0.250 e. The van der Waals surface area contributed by atoms with Crippen molar-refractivity contribution in [2.75, 3.05) is 0 Å². The average Bonchev–Trinajstić information content (AvgIpc) is 2.73. The number of pyridine rings is 1. The van der Waals surface area contributed by atoms with E-state index in [4.69, 9.17) is 0 Å². The second-order valence-corrected chi connectivity index (χ2v) is 9.09. The third-order valence-electron chi connectivity index (χ3n) is 7.02. The van der Waals surface area contributed by atoms with Gasteiger partial charge in [-0.15, -0.1) is 0 Å². The van der Waals surface area contributed by atoms with Gasteiger partial charge in [-0.3, -0.25) is 4.98 Å². The number of halogens is 3. The summed E-state index contributed by atoms with van der Waals surface area (Å²) in [6.45, 7) is 2.28. The zero-order chi connectivity index (χ0) is 20.7. The van der Waals surface area contributed by atoms with Gasteiger partial charge in [0.05, 0.1) is 0 Å². The van der Waals surface area contributed by atoms with E-state index in [0.29, 0.717) is 11.5 Å². The molecule has 0 bridgehead atoms. The Kier molecular flexibility index (Phi) is 8.04. The first kappa shape index (κ1) is 22.2. The topological polar surface area (TPSA) is 12.9 Å². The highest BCUT2D eigenvalue weighted by atomic mass is 19.4. The minimum absolute atomic E-state index is 0.374. The van der Waals surface area contributed by atoms with E-state index in [1.807, 2.05) is 0 Å². The molecular formula is C25H34F3N. The summed E-state index contributed by atoms with van der Waals surface area (Å²) in [5.74, 6) is 9.43. The van der Waals surface area contributed by atoms with Gasteiger partial charge in [-0.2, -0.15) is 13.2 Å². The summed E-state index contributed by atoms with van der Waals surface area (Å²) in [6.07, 6.45) is 12.8. The first-order valence-electron chi connectivity index (χ1n) is 11.5. The summed E-state index contributed by atoms with van der Waals surface area (Å²) >= 11 is 0. The fourth-order valence-electron chi connectivity index (χ4n) is 5.19. The molecule has 2 aliphatic carbocycles. The van der Waals surface area contributed by atoms with Crippen LogP contribution in [0.1, 0.15) is 95.2 Å². The van der Waals surface area contributed by atoms with Crippen LogP contribution in [0.3, 0.4) is 0 Å². The van der Waals surface area contributed by atoms with E-state index >= 15 is 0 Å². The number of unbranched alkanes of at least 4 members (excludes halogenated alkanes) is 2. The highest BCUT2D eigenvalue weighted by Gasteiger charge is 2.32. The molecule has 0 saturated heterocycles. The molecule has 2 saturated carbocycles. The van der Waals surface area contributed by atoms with E-state index in [2.05, 4.69) is 23.7 Å².